The molecule has 39 heavy (non-hydrogen) atoms. The highest BCUT2D eigenvalue weighted by Crippen LogP contribution is 2.44. The molecule has 2 aliphatic heterocycles. The molecule has 1 aliphatic carbocycles. The Morgan fingerprint density at radius 3 is 2.82 bits per heavy atom. The van der Waals surface area contributed by atoms with Gasteiger partial charge >= 0.3 is 0 Å². The third-order valence-corrected chi connectivity index (χ3v) is 11.3. The van der Waals surface area contributed by atoms with E-state index in [1.807, 2.05) is 26.0 Å². The minimum absolute atomic E-state index is 0.153. The highest BCUT2D eigenvalue weighted by atomic mass is 32.2. The first-order valence-electron chi connectivity index (χ1n) is 14.1. The topological polar surface area (TPSA) is 113 Å². The summed E-state index contributed by atoms with van der Waals surface area (Å²) in [6, 6.07) is 8.45. The maximum Gasteiger partial charge on any atom is 0.157 e. The summed E-state index contributed by atoms with van der Waals surface area (Å²) in [5.74, 6) is 2.07. The van der Waals surface area contributed by atoms with Gasteiger partial charge in [-0.05, 0) is 69.6 Å². The quantitative estimate of drug-likeness (QED) is 0.466. The molecule has 2 aromatic heterocycles. The fraction of sp³-hybridized carbons (Fsp3) is 0.586. The zero-order chi connectivity index (χ0) is 27.2. The van der Waals surface area contributed by atoms with Crippen LogP contribution in [0.1, 0.15) is 52.0 Å². The van der Waals surface area contributed by atoms with Crippen LogP contribution in [0, 0.1) is 5.92 Å². The summed E-state index contributed by atoms with van der Waals surface area (Å²) in [4.78, 5) is 11.3. The molecule has 10 heteroatoms. The molecular formula is C29H39N5O4S. The van der Waals surface area contributed by atoms with Gasteiger partial charge < -0.3 is 24.7 Å². The van der Waals surface area contributed by atoms with E-state index in [1.54, 1.807) is 0 Å². The van der Waals surface area contributed by atoms with Crippen molar-refractivity contribution in [3.8, 4) is 16.9 Å². The van der Waals surface area contributed by atoms with E-state index in [0.717, 1.165) is 66.7 Å². The number of aromatic nitrogens is 3. The Balaban J connectivity index is 1.18. The van der Waals surface area contributed by atoms with Crippen LogP contribution >= 0.6 is 0 Å². The van der Waals surface area contributed by atoms with E-state index in [2.05, 4.69) is 37.8 Å². The van der Waals surface area contributed by atoms with Crippen molar-refractivity contribution in [2.45, 2.75) is 62.8 Å². The molecule has 9 nitrogen and oxygen atoms in total. The van der Waals surface area contributed by atoms with Crippen LogP contribution in [0.3, 0.4) is 0 Å². The molecule has 1 unspecified atom stereocenters. The Morgan fingerprint density at radius 2 is 2.05 bits per heavy atom. The highest BCUT2D eigenvalue weighted by molar-refractivity contribution is 7.92. The van der Waals surface area contributed by atoms with Crippen LogP contribution in [-0.4, -0.2) is 77.3 Å². The summed E-state index contributed by atoms with van der Waals surface area (Å²) in [6.07, 6.45) is 9.26. The van der Waals surface area contributed by atoms with Crippen molar-refractivity contribution in [2.75, 3.05) is 44.3 Å². The third kappa shape index (κ3) is 5.26. The maximum absolute atomic E-state index is 12.4. The first-order valence-corrected chi connectivity index (χ1v) is 15.8. The van der Waals surface area contributed by atoms with Crippen LogP contribution in [0.5, 0.6) is 5.75 Å². The summed E-state index contributed by atoms with van der Waals surface area (Å²) >= 11 is 0. The molecule has 0 spiro atoms. The maximum atomic E-state index is 12.4. The molecule has 1 atom stereocenters. The van der Waals surface area contributed by atoms with E-state index in [4.69, 9.17) is 15.2 Å². The van der Waals surface area contributed by atoms with Gasteiger partial charge in [-0.3, -0.25) is 0 Å². The number of nitrogen functional groups attached to an aromatic ring is 1. The molecule has 0 radical (unpaired) electrons. The summed E-state index contributed by atoms with van der Waals surface area (Å²) in [6.45, 7) is 7.22. The van der Waals surface area contributed by atoms with E-state index in [9.17, 15) is 8.42 Å². The van der Waals surface area contributed by atoms with Gasteiger partial charge in [-0.2, -0.15) is 0 Å². The number of hydrogen-bond acceptors (Lipinski definition) is 8. The van der Waals surface area contributed by atoms with Gasteiger partial charge in [-0.15, -0.1) is 0 Å². The summed E-state index contributed by atoms with van der Waals surface area (Å²) in [5.41, 5.74) is 9.28. The smallest absolute Gasteiger partial charge is 0.157 e. The van der Waals surface area contributed by atoms with Crippen molar-refractivity contribution in [1.29, 1.82) is 0 Å². The van der Waals surface area contributed by atoms with E-state index >= 15 is 0 Å². The number of nitrogens with zero attached hydrogens (tertiary/aromatic N) is 4. The van der Waals surface area contributed by atoms with Gasteiger partial charge in [-0.1, -0.05) is 12.1 Å². The molecule has 1 aromatic carbocycles. The lowest BCUT2D eigenvalue weighted by Gasteiger charge is -2.43. The van der Waals surface area contributed by atoms with Crippen molar-refractivity contribution >= 4 is 26.7 Å². The molecule has 0 amide bonds. The Morgan fingerprint density at radius 1 is 1.21 bits per heavy atom. The molecular weight excluding hydrogens is 514 g/mol. The van der Waals surface area contributed by atoms with Crippen molar-refractivity contribution in [2.24, 2.45) is 5.92 Å². The number of nitrogens with two attached hydrogens (primary N) is 1. The first kappa shape index (κ1) is 26.5. The summed E-state index contributed by atoms with van der Waals surface area (Å²) in [5, 5.41) is 0.872. The number of hydrogen-bond donors (Lipinski definition) is 1. The molecule has 1 saturated carbocycles. The molecule has 2 saturated heterocycles. The SMILES string of the molecule is CC1(C)CN(CC2CC(n3cc(-c4cccc(OCC5CCCCO5)c4)c4c(N)ncnc43)C2)CCS1(=O)=O. The lowest BCUT2D eigenvalue weighted by Crippen LogP contribution is -2.54. The van der Waals surface area contributed by atoms with E-state index < -0.39 is 14.6 Å². The van der Waals surface area contributed by atoms with Gasteiger partial charge in [0.05, 0.1) is 22.0 Å². The Kier molecular flexibility index (Phi) is 7.05. The van der Waals surface area contributed by atoms with Crippen molar-refractivity contribution in [1.82, 2.24) is 19.4 Å². The number of ether oxygens (including phenoxy) is 2. The molecule has 4 heterocycles. The number of sulfone groups is 1. The molecule has 3 aromatic rings. The zero-order valence-electron chi connectivity index (χ0n) is 22.9. The van der Waals surface area contributed by atoms with E-state index in [1.165, 1.54) is 12.7 Å². The van der Waals surface area contributed by atoms with Gasteiger partial charge in [0, 0.05) is 44.0 Å². The minimum atomic E-state index is -3.02. The van der Waals surface area contributed by atoms with Crippen LogP contribution in [0.2, 0.25) is 0 Å². The second-order valence-electron chi connectivity index (χ2n) is 12.0. The zero-order valence-corrected chi connectivity index (χ0v) is 23.7. The average Bonchev–Trinajstić information content (AvgIpc) is 3.28. The second kappa shape index (κ2) is 10.4. The van der Waals surface area contributed by atoms with Crippen LogP contribution in [-0.2, 0) is 14.6 Å². The molecule has 2 N–H and O–H groups in total. The number of rotatable bonds is 7. The molecule has 6 rings (SSSR count). The largest absolute Gasteiger partial charge is 0.491 e. The third-order valence-electron chi connectivity index (χ3n) is 8.74. The molecule has 210 valence electrons. The minimum Gasteiger partial charge on any atom is -0.491 e. The van der Waals surface area contributed by atoms with Crippen LogP contribution < -0.4 is 10.5 Å². The second-order valence-corrected chi connectivity index (χ2v) is 14.8. The van der Waals surface area contributed by atoms with E-state index in [0.29, 0.717) is 37.5 Å². The Bertz CT molecular complexity index is 1440. The van der Waals surface area contributed by atoms with Gasteiger partial charge in [0.25, 0.3) is 0 Å². The van der Waals surface area contributed by atoms with Crippen LogP contribution in [0.25, 0.3) is 22.2 Å². The number of fused-ring (bicyclic) bond motifs is 1. The van der Waals surface area contributed by atoms with Crippen molar-refractivity contribution in [3.05, 3.63) is 36.8 Å². The highest BCUT2D eigenvalue weighted by Gasteiger charge is 2.42. The summed E-state index contributed by atoms with van der Waals surface area (Å²) < 4.78 is 38.3. The van der Waals surface area contributed by atoms with Crippen molar-refractivity contribution in [3.63, 3.8) is 0 Å². The van der Waals surface area contributed by atoms with Crippen LogP contribution in [0.4, 0.5) is 5.82 Å². The normalized spacial score (nSPS) is 26.8. The predicted molar refractivity (Wildman–Crippen MR) is 153 cm³/mol. The van der Waals surface area contributed by atoms with Gasteiger partial charge in [0.2, 0.25) is 0 Å². The standard InChI is InChI=1S/C29H39N5O4S/c1-29(2)18-33(9-11-39(29,35)36)15-20-12-22(13-20)34-16-25(26-27(30)31-19-32-28(26)34)21-6-5-8-23(14-21)38-17-24-7-3-4-10-37-24/h5-6,8,14,16,19-20,22,24H,3-4,7,9-13,15,17-18H2,1-2H3,(H2,30,31,32). The monoisotopic (exact) mass is 553 g/mol. The lowest BCUT2D eigenvalue weighted by molar-refractivity contribution is -0.0110. The Labute approximate surface area is 230 Å². The lowest BCUT2D eigenvalue weighted by atomic mass is 9.79. The molecule has 0 bridgehead atoms. The van der Waals surface area contributed by atoms with Gasteiger partial charge in [0.15, 0.2) is 9.84 Å². The van der Waals surface area contributed by atoms with Gasteiger partial charge in [0.1, 0.15) is 30.1 Å². The fourth-order valence-corrected chi connectivity index (χ4v) is 7.76. The fourth-order valence-electron chi connectivity index (χ4n) is 6.33. The number of anilines is 1. The van der Waals surface area contributed by atoms with Crippen molar-refractivity contribution < 1.29 is 17.9 Å². The van der Waals surface area contributed by atoms with Crippen LogP contribution in [0.15, 0.2) is 36.8 Å². The van der Waals surface area contributed by atoms with Gasteiger partial charge in [-0.25, -0.2) is 18.4 Å². The Hall–Kier alpha value is -2.69. The molecule has 3 aliphatic rings. The summed E-state index contributed by atoms with van der Waals surface area (Å²) in [7, 11) is -3.02. The first-order chi connectivity index (χ1) is 18.7. The number of benzene rings is 1. The molecule has 3 fully saturated rings. The predicted octanol–water partition coefficient (Wildman–Crippen LogP) is 4.09. The van der Waals surface area contributed by atoms with E-state index in [-0.39, 0.29) is 11.9 Å². The average molecular weight is 554 g/mol.